The lowest BCUT2D eigenvalue weighted by Crippen LogP contribution is -2.51. The third-order valence-electron chi connectivity index (χ3n) is 15.2. The van der Waals surface area contributed by atoms with Gasteiger partial charge in [-0.3, -0.25) is 4.79 Å². The Morgan fingerprint density at radius 3 is 2.16 bits per heavy atom. The van der Waals surface area contributed by atoms with Gasteiger partial charge in [0.1, 0.15) is 6.10 Å². The first-order valence-corrected chi connectivity index (χ1v) is 22.2. The number of unbranched alkanes of at least 4 members (excludes halogenated alkanes) is 11. The number of carbonyl (C=O) groups excluding carboxylic acids is 1. The molecule has 0 aromatic carbocycles. The van der Waals surface area contributed by atoms with E-state index >= 15 is 0 Å². The number of esters is 1. The molecule has 4 aliphatic rings. The van der Waals surface area contributed by atoms with Crippen LogP contribution in [0.1, 0.15) is 209 Å². The Bertz CT molecular complexity index is 1020. The molecule has 3 fully saturated rings. The maximum atomic E-state index is 12.8. The minimum Gasteiger partial charge on any atom is -0.462 e. The monoisotopic (exact) mass is 679 g/mol. The van der Waals surface area contributed by atoms with Crippen molar-refractivity contribution < 1.29 is 9.53 Å². The van der Waals surface area contributed by atoms with E-state index < -0.39 is 0 Å². The summed E-state index contributed by atoms with van der Waals surface area (Å²) < 4.78 is 6.14. The average molecular weight is 679 g/mol. The van der Waals surface area contributed by atoms with E-state index in [2.05, 4.69) is 66.7 Å². The molecule has 9 unspecified atom stereocenters. The Kier molecular flexibility index (Phi) is 16.8. The Labute approximate surface area is 305 Å². The van der Waals surface area contributed by atoms with Crippen molar-refractivity contribution in [3.8, 4) is 0 Å². The van der Waals surface area contributed by atoms with Crippen molar-refractivity contribution >= 4 is 5.97 Å². The van der Waals surface area contributed by atoms with Crippen LogP contribution < -0.4 is 0 Å². The molecule has 0 aromatic heterocycles. The average Bonchev–Trinajstić information content (AvgIpc) is 3.44. The van der Waals surface area contributed by atoms with Crippen molar-refractivity contribution in [3.63, 3.8) is 0 Å². The molecule has 2 heteroatoms. The summed E-state index contributed by atoms with van der Waals surface area (Å²) in [4.78, 5) is 12.8. The molecule has 0 amide bonds. The van der Waals surface area contributed by atoms with Crippen LogP contribution in [0.25, 0.3) is 0 Å². The summed E-state index contributed by atoms with van der Waals surface area (Å²) >= 11 is 0. The molecule has 3 saturated carbocycles. The molecule has 0 heterocycles. The van der Waals surface area contributed by atoms with Crippen LogP contribution in [-0.4, -0.2) is 12.1 Å². The zero-order valence-electron chi connectivity index (χ0n) is 33.8. The second-order valence-corrected chi connectivity index (χ2v) is 18.6. The number of carbonyl (C=O) groups is 1. The van der Waals surface area contributed by atoms with E-state index in [9.17, 15) is 4.79 Å². The topological polar surface area (TPSA) is 26.3 Å². The quantitative estimate of drug-likeness (QED) is 0.0647. The highest BCUT2D eigenvalue weighted by Gasteiger charge is 2.59. The van der Waals surface area contributed by atoms with Crippen molar-refractivity contribution in [3.05, 3.63) is 23.8 Å². The second-order valence-electron chi connectivity index (χ2n) is 18.6. The van der Waals surface area contributed by atoms with Gasteiger partial charge in [0.2, 0.25) is 0 Å². The van der Waals surface area contributed by atoms with Crippen LogP contribution in [0.2, 0.25) is 0 Å². The first kappa shape index (κ1) is 40.7. The lowest BCUT2D eigenvalue weighted by molar-refractivity contribution is -0.151. The highest BCUT2D eigenvalue weighted by Crippen LogP contribution is 2.67. The lowest BCUT2D eigenvalue weighted by Gasteiger charge is -2.58. The van der Waals surface area contributed by atoms with Crippen molar-refractivity contribution in [2.24, 2.45) is 52.3 Å². The molecule has 4 rings (SSSR count). The summed E-state index contributed by atoms with van der Waals surface area (Å²) in [7, 11) is 0. The van der Waals surface area contributed by atoms with Gasteiger partial charge >= 0.3 is 5.97 Å². The van der Waals surface area contributed by atoms with Crippen LogP contribution in [0.4, 0.5) is 0 Å². The highest BCUT2D eigenvalue weighted by atomic mass is 16.5. The maximum Gasteiger partial charge on any atom is 0.306 e. The lowest BCUT2D eigenvalue weighted by atomic mass is 9.47. The molecule has 2 nitrogen and oxygen atoms in total. The van der Waals surface area contributed by atoms with E-state index in [4.69, 9.17) is 4.74 Å². The predicted octanol–water partition coefficient (Wildman–Crippen LogP) is 14.6. The van der Waals surface area contributed by atoms with Crippen LogP contribution in [0, 0.1) is 52.3 Å². The number of ether oxygens (including phenoxy) is 1. The molecule has 0 N–H and O–H groups in total. The summed E-state index contributed by atoms with van der Waals surface area (Å²) in [5.41, 5.74) is 2.51. The molecule has 0 aliphatic heterocycles. The van der Waals surface area contributed by atoms with Gasteiger partial charge in [-0.15, -0.1) is 0 Å². The fraction of sp³-hybridized carbons (Fsp3) is 0.894. The van der Waals surface area contributed by atoms with Gasteiger partial charge in [0.25, 0.3) is 0 Å². The highest BCUT2D eigenvalue weighted by molar-refractivity contribution is 5.69. The van der Waals surface area contributed by atoms with Crippen LogP contribution in [0.3, 0.4) is 0 Å². The van der Waals surface area contributed by atoms with E-state index in [1.54, 1.807) is 5.57 Å². The molecule has 0 radical (unpaired) electrons. The number of fused-ring (bicyclic) bond motifs is 5. The molecular weight excluding hydrogens is 597 g/mol. The standard InChI is InChI=1S/C47H82O2/c1-8-10-11-12-13-14-15-16-17-18-19-20-21-22-23-24-45(48)49-40-31-33-46(6)39(35-40)27-28-41-43-30-29-42(47(43,7)34-32-44(41)46)37(5)25-26-38(9-2)36(3)4/h16-17,27,36-38,40-44H,8-15,18-26,28-35H2,1-7H3/b17-16-. The van der Waals surface area contributed by atoms with Crippen LogP contribution in [0.15, 0.2) is 23.8 Å². The summed E-state index contributed by atoms with van der Waals surface area (Å²) in [6.07, 6.45) is 39.4. The Balaban J connectivity index is 1.13. The number of rotatable bonds is 22. The van der Waals surface area contributed by atoms with Crippen molar-refractivity contribution in [2.45, 2.75) is 215 Å². The van der Waals surface area contributed by atoms with Gasteiger partial charge < -0.3 is 4.74 Å². The fourth-order valence-electron chi connectivity index (χ4n) is 12.0. The van der Waals surface area contributed by atoms with E-state index in [1.807, 2.05) is 0 Å². The largest absolute Gasteiger partial charge is 0.462 e. The van der Waals surface area contributed by atoms with Gasteiger partial charge in [0.15, 0.2) is 0 Å². The second kappa shape index (κ2) is 20.3. The van der Waals surface area contributed by atoms with Crippen molar-refractivity contribution in [1.82, 2.24) is 0 Å². The minimum atomic E-state index is 0.0544. The number of hydrogen-bond donors (Lipinski definition) is 0. The normalized spacial score (nSPS) is 32.4. The summed E-state index contributed by atoms with van der Waals surface area (Å²) in [5.74, 6) is 6.15. The minimum absolute atomic E-state index is 0.0544. The van der Waals surface area contributed by atoms with E-state index in [1.165, 1.54) is 128 Å². The van der Waals surface area contributed by atoms with E-state index in [-0.39, 0.29) is 12.1 Å². The van der Waals surface area contributed by atoms with E-state index in [0.717, 1.165) is 67.1 Å². The van der Waals surface area contributed by atoms with Gasteiger partial charge in [0, 0.05) is 12.8 Å². The van der Waals surface area contributed by atoms with Gasteiger partial charge in [-0.05, 0) is 136 Å². The predicted molar refractivity (Wildman–Crippen MR) is 212 cm³/mol. The van der Waals surface area contributed by atoms with E-state index in [0.29, 0.717) is 17.3 Å². The summed E-state index contributed by atoms with van der Waals surface area (Å²) in [6, 6.07) is 0. The smallest absolute Gasteiger partial charge is 0.306 e. The molecule has 0 spiro atoms. The summed E-state index contributed by atoms with van der Waals surface area (Å²) in [5, 5.41) is 0. The van der Waals surface area contributed by atoms with Gasteiger partial charge in [-0.25, -0.2) is 0 Å². The molecule has 0 bridgehead atoms. The molecule has 9 atom stereocenters. The number of hydrogen-bond acceptors (Lipinski definition) is 2. The SMILES string of the molecule is CCCCCCCC/C=C\CCCCCCCC(=O)OC1CCC2(C)C(=CCC3C2CCC2(C)C(C(C)CCC(CC)C(C)C)CCC32)C1. The van der Waals surface area contributed by atoms with Gasteiger partial charge in [-0.2, -0.15) is 0 Å². The van der Waals surface area contributed by atoms with Crippen LogP contribution >= 0.6 is 0 Å². The Hall–Kier alpha value is -1.05. The number of allylic oxidation sites excluding steroid dienone is 3. The molecular formula is C47H82O2. The zero-order chi connectivity index (χ0) is 35.3. The maximum absolute atomic E-state index is 12.8. The molecule has 4 aliphatic carbocycles. The fourth-order valence-corrected chi connectivity index (χ4v) is 12.0. The van der Waals surface area contributed by atoms with Crippen LogP contribution in [0.5, 0.6) is 0 Å². The Morgan fingerprint density at radius 1 is 0.816 bits per heavy atom. The summed E-state index contributed by atoms with van der Waals surface area (Å²) in [6.45, 7) is 17.5. The molecule has 0 aromatic rings. The van der Waals surface area contributed by atoms with Crippen molar-refractivity contribution in [2.75, 3.05) is 0 Å². The third kappa shape index (κ3) is 11.0. The third-order valence-corrected chi connectivity index (χ3v) is 15.2. The zero-order valence-corrected chi connectivity index (χ0v) is 33.8. The van der Waals surface area contributed by atoms with Gasteiger partial charge in [-0.1, -0.05) is 136 Å². The van der Waals surface area contributed by atoms with Gasteiger partial charge in [0.05, 0.1) is 0 Å². The Morgan fingerprint density at radius 2 is 1.49 bits per heavy atom. The molecule has 282 valence electrons. The first-order chi connectivity index (χ1) is 23.6. The van der Waals surface area contributed by atoms with Crippen LogP contribution in [-0.2, 0) is 9.53 Å². The first-order valence-electron chi connectivity index (χ1n) is 22.2. The van der Waals surface area contributed by atoms with Crippen molar-refractivity contribution in [1.29, 1.82) is 0 Å². The molecule has 49 heavy (non-hydrogen) atoms. The molecule has 0 saturated heterocycles.